The number of rotatable bonds is 10. The van der Waals surface area contributed by atoms with Crippen LogP contribution in [-0.4, -0.2) is 76.6 Å². The van der Waals surface area contributed by atoms with E-state index in [9.17, 15) is 14.0 Å². The first kappa shape index (κ1) is 28.6. The SMILES string of the molecule is CNc1nc(NCCN2CCN(C(c3ccc(F)cc3)c3ccc(F)cc3)CC2)nc(NC2(C#N)CCCCC2)n1. The Morgan fingerprint density at radius 3 is 1.95 bits per heavy atom. The van der Waals surface area contributed by atoms with E-state index < -0.39 is 5.54 Å². The van der Waals surface area contributed by atoms with Crippen LogP contribution in [0.25, 0.3) is 0 Å². The second kappa shape index (κ2) is 13.2. The maximum absolute atomic E-state index is 13.6. The van der Waals surface area contributed by atoms with Gasteiger partial charge in [0.2, 0.25) is 17.8 Å². The summed E-state index contributed by atoms with van der Waals surface area (Å²) in [6.45, 7) is 4.80. The van der Waals surface area contributed by atoms with Gasteiger partial charge in [-0.1, -0.05) is 43.5 Å². The highest BCUT2D eigenvalue weighted by atomic mass is 19.1. The zero-order valence-electron chi connectivity index (χ0n) is 23.4. The van der Waals surface area contributed by atoms with Gasteiger partial charge in [0.1, 0.15) is 17.2 Å². The largest absolute Gasteiger partial charge is 0.357 e. The van der Waals surface area contributed by atoms with Crippen molar-refractivity contribution in [1.29, 1.82) is 5.26 Å². The van der Waals surface area contributed by atoms with Gasteiger partial charge >= 0.3 is 0 Å². The fourth-order valence-corrected chi connectivity index (χ4v) is 5.73. The minimum Gasteiger partial charge on any atom is -0.357 e. The molecular weight excluding hydrogens is 524 g/mol. The van der Waals surface area contributed by atoms with Crippen molar-refractivity contribution in [3.05, 3.63) is 71.3 Å². The molecule has 1 saturated heterocycles. The summed E-state index contributed by atoms with van der Waals surface area (Å²) in [6, 6.07) is 15.5. The van der Waals surface area contributed by atoms with E-state index in [-0.39, 0.29) is 17.7 Å². The normalized spacial score (nSPS) is 17.6. The molecule has 0 radical (unpaired) electrons. The highest BCUT2D eigenvalue weighted by molar-refractivity contribution is 5.45. The summed E-state index contributed by atoms with van der Waals surface area (Å²) in [7, 11) is 1.76. The second-order valence-electron chi connectivity index (χ2n) is 10.7. The Balaban J connectivity index is 1.18. The Morgan fingerprint density at radius 2 is 1.39 bits per heavy atom. The third kappa shape index (κ3) is 7.26. The van der Waals surface area contributed by atoms with E-state index in [0.717, 1.165) is 76.0 Å². The molecule has 1 aliphatic carbocycles. The van der Waals surface area contributed by atoms with Gasteiger partial charge in [-0.25, -0.2) is 8.78 Å². The fourth-order valence-electron chi connectivity index (χ4n) is 5.73. The fraction of sp³-hybridized carbons (Fsp3) is 0.467. The molecule has 2 heterocycles. The van der Waals surface area contributed by atoms with Crippen molar-refractivity contribution in [1.82, 2.24) is 24.8 Å². The van der Waals surface area contributed by atoms with E-state index in [2.05, 4.69) is 46.8 Å². The Morgan fingerprint density at radius 1 is 0.829 bits per heavy atom. The lowest BCUT2D eigenvalue weighted by Crippen LogP contribution is -2.48. The number of benzene rings is 2. The summed E-state index contributed by atoms with van der Waals surface area (Å²) in [6.07, 6.45) is 4.73. The van der Waals surface area contributed by atoms with Gasteiger partial charge in [-0.3, -0.25) is 9.80 Å². The van der Waals surface area contributed by atoms with E-state index in [0.29, 0.717) is 24.4 Å². The number of anilines is 3. The summed E-state index contributed by atoms with van der Waals surface area (Å²) >= 11 is 0. The van der Waals surface area contributed by atoms with E-state index >= 15 is 0 Å². The van der Waals surface area contributed by atoms with Crippen LogP contribution in [0.4, 0.5) is 26.6 Å². The number of nitrogens with zero attached hydrogens (tertiary/aromatic N) is 6. The van der Waals surface area contributed by atoms with E-state index in [1.165, 1.54) is 24.3 Å². The van der Waals surface area contributed by atoms with E-state index in [1.54, 1.807) is 7.05 Å². The maximum Gasteiger partial charge on any atom is 0.230 e. The van der Waals surface area contributed by atoms with Crippen LogP contribution in [0.2, 0.25) is 0 Å². The van der Waals surface area contributed by atoms with Crippen LogP contribution in [0, 0.1) is 23.0 Å². The molecule has 5 rings (SSSR count). The average Bonchev–Trinajstić information content (AvgIpc) is 3.00. The zero-order chi connectivity index (χ0) is 28.7. The number of nitrogens with one attached hydrogen (secondary N) is 3. The minimum atomic E-state index is -0.638. The molecule has 41 heavy (non-hydrogen) atoms. The molecule has 216 valence electrons. The van der Waals surface area contributed by atoms with Crippen molar-refractivity contribution < 1.29 is 8.78 Å². The second-order valence-corrected chi connectivity index (χ2v) is 10.7. The summed E-state index contributed by atoms with van der Waals surface area (Å²) in [5.74, 6) is 0.754. The Hall–Kier alpha value is -3.88. The van der Waals surface area contributed by atoms with Crippen LogP contribution >= 0.6 is 0 Å². The number of halogens is 2. The molecular formula is C30H37F2N9. The Kier molecular flexibility index (Phi) is 9.21. The van der Waals surface area contributed by atoms with Crippen molar-refractivity contribution >= 4 is 17.8 Å². The number of hydrogen-bond donors (Lipinski definition) is 3. The Labute approximate surface area is 240 Å². The third-order valence-corrected chi connectivity index (χ3v) is 7.99. The van der Waals surface area contributed by atoms with Gasteiger partial charge in [0.15, 0.2) is 0 Å². The van der Waals surface area contributed by atoms with Gasteiger partial charge in [-0.2, -0.15) is 20.2 Å². The van der Waals surface area contributed by atoms with Crippen LogP contribution < -0.4 is 16.0 Å². The molecule has 3 aromatic rings. The van der Waals surface area contributed by atoms with Gasteiger partial charge in [-0.05, 0) is 48.2 Å². The van der Waals surface area contributed by atoms with Gasteiger partial charge in [-0.15, -0.1) is 0 Å². The standard InChI is InChI=1S/C30H37F2N9/c1-34-27-36-28(38-29(37-27)39-30(21-33)13-3-2-4-14-30)35-15-16-40-17-19-41(20-18-40)26(22-5-9-24(31)10-6-22)23-7-11-25(32)12-8-23/h5-12,26H,2-4,13-20H2,1H3,(H3,34,35,36,37,38,39). The van der Waals surface area contributed by atoms with Crippen molar-refractivity contribution in [2.24, 2.45) is 0 Å². The number of aromatic nitrogens is 3. The molecule has 2 fully saturated rings. The molecule has 0 atom stereocenters. The predicted molar refractivity (Wildman–Crippen MR) is 156 cm³/mol. The van der Waals surface area contributed by atoms with Gasteiger partial charge < -0.3 is 16.0 Å². The molecule has 11 heteroatoms. The van der Waals surface area contributed by atoms with E-state index in [4.69, 9.17) is 0 Å². The molecule has 1 saturated carbocycles. The third-order valence-electron chi connectivity index (χ3n) is 7.99. The molecule has 9 nitrogen and oxygen atoms in total. The molecule has 0 bridgehead atoms. The first-order chi connectivity index (χ1) is 20.0. The molecule has 2 aliphatic rings. The summed E-state index contributed by atoms with van der Waals surface area (Å²) in [5, 5.41) is 19.4. The van der Waals surface area contributed by atoms with Crippen molar-refractivity contribution in [2.45, 2.75) is 43.7 Å². The summed E-state index contributed by atoms with van der Waals surface area (Å²) in [5.41, 5.74) is 1.33. The quantitative estimate of drug-likeness (QED) is 0.326. The summed E-state index contributed by atoms with van der Waals surface area (Å²) < 4.78 is 27.3. The highest BCUT2D eigenvalue weighted by Crippen LogP contribution is 2.31. The zero-order valence-corrected chi connectivity index (χ0v) is 23.4. The molecule has 0 spiro atoms. The number of piperazine rings is 1. The lowest BCUT2D eigenvalue weighted by atomic mass is 9.83. The van der Waals surface area contributed by atoms with Crippen LogP contribution in [0.1, 0.15) is 49.3 Å². The maximum atomic E-state index is 13.6. The molecule has 1 aromatic heterocycles. The highest BCUT2D eigenvalue weighted by Gasteiger charge is 2.33. The first-order valence-electron chi connectivity index (χ1n) is 14.3. The van der Waals surface area contributed by atoms with Crippen molar-refractivity contribution in [3.8, 4) is 6.07 Å². The van der Waals surface area contributed by atoms with Gasteiger partial charge in [0.05, 0.1) is 12.1 Å². The van der Waals surface area contributed by atoms with Gasteiger partial charge in [0, 0.05) is 46.3 Å². The molecule has 1 aliphatic heterocycles. The molecule has 0 amide bonds. The number of hydrogen-bond acceptors (Lipinski definition) is 9. The predicted octanol–water partition coefficient (Wildman–Crippen LogP) is 4.65. The number of nitriles is 1. The van der Waals surface area contributed by atoms with Crippen LogP contribution in [0.15, 0.2) is 48.5 Å². The minimum absolute atomic E-state index is 0.0755. The average molecular weight is 562 g/mol. The van der Waals surface area contributed by atoms with Crippen molar-refractivity contribution in [3.63, 3.8) is 0 Å². The smallest absolute Gasteiger partial charge is 0.230 e. The monoisotopic (exact) mass is 561 g/mol. The van der Waals surface area contributed by atoms with Crippen LogP contribution in [0.5, 0.6) is 0 Å². The van der Waals surface area contributed by atoms with Crippen molar-refractivity contribution in [2.75, 3.05) is 62.3 Å². The first-order valence-corrected chi connectivity index (χ1v) is 14.3. The molecule has 2 aromatic carbocycles. The molecule has 3 N–H and O–H groups in total. The Bertz CT molecular complexity index is 1270. The van der Waals surface area contributed by atoms with Gasteiger partial charge in [0.25, 0.3) is 0 Å². The lowest BCUT2D eigenvalue weighted by molar-refractivity contribution is 0.112. The lowest BCUT2D eigenvalue weighted by Gasteiger charge is -2.39. The topological polar surface area (TPSA) is 105 Å². The summed E-state index contributed by atoms with van der Waals surface area (Å²) in [4.78, 5) is 18.2. The van der Waals surface area contributed by atoms with Crippen LogP contribution in [-0.2, 0) is 0 Å². The van der Waals surface area contributed by atoms with E-state index in [1.807, 2.05) is 24.3 Å². The molecule has 0 unspecified atom stereocenters. The van der Waals surface area contributed by atoms with Crippen LogP contribution in [0.3, 0.4) is 0 Å².